The van der Waals surface area contributed by atoms with Gasteiger partial charge in [0.05, 0.1) is 11.4 Å². The van der Waals surface area contributed by atoms with Crippen molar-refractivity contribution in [2.24, 2.45) is 0 Å². The van der Waals surface area contributed by atoms with Crippen molar-refractivity contribution in [2.75, 3.05) is 13.1 Å². The number of amides is 1. The Morgan fingerprint density at radius 1 is 1.39 bits per heavy atom. The van der Waals surface area contributed by atoms with E-state index in [1.807, 2.05) is 5.38 Å². The number of thiazole rings is 1. The first-order chi connectivity index (χ1) is 11.2. The molecule has 0 radical (unpaired) electrons. The average molecular weight is 348 g/mol. The Hall–Kier alpha value is -1.99. The third-order valence-corrected chi connectivity index (χ3v) is 5.56. The predicted molar refractivity (Wildman–Crippen MR) is 88.8 cm³/mol. The summed E-state index contributed by atoms with van der Waals surface area (Å²) in [4.78, 5) is 19.2. The second-order valence-corrected chi connectivity index (χ2v) is 7.31. The summed E-state index contributed by atoms with van der Waals surface area (Å²) in [6.07, 6.45) is 2.48. The van der Waals surface area contributed by atoms with E-state index in [0.717, 1.165) is 16.5 Å². The van der Waals surface area contributed by atoms with Gasteiger partial charge in [0.15, 0.2) is 0 Å². The number of nitrogens with zero attached hydrogens (tertiary/aromatic N) is 2. The minimum Gasteiger partial charge on any atom is -0.465 e. The molecule has 118 valence electrons. The van der Waals surface area contributed by atoms with Gasteiger partial charge in [-0.25, -0.2) is 9.37 Å². The number of aromatic nitrogens is 1. The minimum absolute atomic E-state index is 0.0167. The van der Waals surface area contributed by atoms with Gasteiger partial charge < -0.3 is 9.64 Å². The van der Waals surface area contributed by atoms with Crippen LogP contribution < -0.4 is 4.74 Å². The molecule has 1 amide bonds. The normalized spacial score (nSPS) is 17.8. The van der Waals surface area contributed by atoms with Gasteiger partial charge in [0.2, 0.25) is 0 Å². The van der Waals surface area contributed by atoms with E-state index in [9.17, 15) is 9.18 Å². The predicted octanol–water partition coefficient (Wildman–Crippen LogP) is 3.79. The van der Waals surface area contributed by atoms with Gasteiger partial charge >= 0.3 is 0 Å². The van der Waals surface area contributed by atoms with Crippen molar-refractivity contribution in [2.45, 2.75) is 12.5 Å². The van der Waals surface area contributed by atoms with Crippen LogP contribution in [-0.4, -0.2) is 35.0 Å². The zero-order valence-corrected chi connectivity index (χ0v) is 13.7. The van der Waals surface area contributed by atoms with Crippen LogP contribution in [0.4, 0.5) is 4.39 Å². The highest BCUT2D eigenvalue weighted by molar-refractivity contribution is 7.20. The van der Waals surface area contributed by atoms with E-state index >= 15 is 0 Å². The maximum atomic E-state index is 13.3. The van der Waals surface area contributed by atoms with Crippen LogP contribution in [0.1, 0.15) is 16.1 Å². The van der Waals surface area contributed by atoms with Gasteiger partial charge in [-0.15, -0.1) is 11.3 Å². The van der Waals surface area contributed by atoms with Crippen LogP contribution in [0.25, 0.3) is 10.1 Å². The number of rotatable bonds is 3. The molecule has 3 aromatic rings. The molecule has 7 heteroatoms. The van der Waals surface area contributed by atoms with E-state index in [2.05, 4.69) is 4.98 Å². The summed E-state index contributed by atoms with van der Waals surface area (Å²) in [5.74, 6) is -0.302. The largest absolute Gasteiger partial charge is 0.465 e. The van der Waals surface area contributed by atoms with E-state index in [1.54, 1.807) is 23.2 Å². The molecule has 4 nitrogen and oxygen atoms in total. The molecule has 1 aliphatic heterocycles. The zero-order valence-electron chi connectivity index (χ0n) is 12.1. The van der Waals surface area contributed by atoms with Gasteiger partial charge in [-0.3, -0.25) is 4.79 Å². The number of likely N-dealkylation sites (tertiary alicyclic amines) is 1. The molecule has 2 aromatic heterocycles. The van der Waals surface area contributed by atoms with Crippen LogP contribution in [0.5, 0.6) is 5.19 Å². The lowest BCUT2D eigenvalue weighted by Gasteiger charge is -2.15. The summed E-state index contributed by atoms with van der Waals surface area (Å²) in [7, 11) is 0. The molecule has 1 aliphatic rings. The fourth-order valence-corrected chi connectivity index (χ4v) is 4.26. The SMILES string of the molecule is O=C(c1cc2cc(F)ccc2s1)N1CCC(Oc2nccs2)C1. The van der Waals surface area contributed by atoms with Crippen molar-refractivity contribution >= 4 is 38.7 Å². The Morgan fingerprint density at radius 3 is 3.13 bits per heavy atom. The molecule has 1 atom stereocenters. The quantitative estimate of drug-likeness (QED) is 0.723. The molecule has 3 heterocycles. The Balaban J connectivity index is 1.48. The van der Waals surface area contributed by atoms with Crippen molar-refractivity contribution in [3.8, 4) is 5.19 Å². The molecule has 1 fully saturated rings. The summed E-state index contributed by atoms with van der Waals surface area (Å²) < 4.78 is 20.0. The first kappa shape index (κ1) is 14.6. The second-order valence-electron chi connectivity index (χ2n) is 5.37. The lowest BCUT2D eigenvalue weighted by Crippen LogP contribution is -2.30. The summed E-state index contributed by atoms with van der Waals surface area (Å²) in [6.45, 7) is 1.22. The van der Waals surface area contributed by atoms with Crippen molar-refractivity contribution < 1.29 is 13.9 Å². The number of ether oxygens (including phenoxy) is 1. The van der Waals surface area contributed by atoms with Crippen LogP contribution in [0.2, 0.25) is 0 Å². The summed E-state index contributed by atoms with van der Waals surface area (Å²) >= 11 is 2.85. The number of carbonyl (C=O) groups is 1. The van der Waals surface area contributed by atoms with E-state index < -0.39 is 0 Å². The van der Waals surface area contributed by atoms with E-state index in [4.69, 9.17) is 4.74 Å². The summed E-state index contributed by atoms with van der Waals surface area (Å²) in [6, 6.07) is 6.35. The maximum absolute atomic E-state index is 13.3. The number of hydrogen-bond donors (Lipinski definition) is 0. The van der Waals surface area contributed by atoms with Crippen molar-refractivity contribution in [1.29, 1.82) is 0 Å². The topological polar surface area (TPSA) is 42.4 Å². The maximum Gasteiger partial charge on any atom is 0.273 e. The second kappa shape index (κ2) is 5.90. The first-order valence-electron chi connectivity index (χ1n) is 7.23. The van der Waals surface area contributed by atoms with Gasteiger partial charge in [0.1, 0.15) is 11.9 Å². The first-order valence-corrected chi connectivity index (χ1v) is 8.93. The molecule has 4 rings (SSSR count). The highest BCUT2D eigenvalue weighted by Gasteiger charge is 2.29. The molecule has 0 aliphatic carbocycles. The minimum atomic E-state index is -0.285. The van der Waals surface area contributed by atoms with Gasteiger partial charge in [-0.1, -0.05) is 11.3 Å². The molecule has 0 saturated carbocycles. The van der Waals surface area contributed by atoms with Crippen molar-refractivity contribution in [3.05, 3.63) is 46.5 Å². The molecule has 0 spiro atoms. The summed E-state index contributed by atoms with van der Waals surface area (Å²) in [5.41, 5.74) is 0. The number of thiophene rings is 1. The van der Waals surface area contributed by atoms with Gasteiger partial charge in [-0.05, 0) is 29.7 Å². The van der Waals surface area contributed by atoms with Crippen LogP contribution in [0, 0.1) is 5.82 Å². The molecule has 1 aromatic carbocycles. The lowest BCUT2D eigenvalue weighted by atomic mass is 10.2. The van der Waals surface area contributed by atoms with Crippen LogP contribution >= 0.6 is 22.7 Å². The number of benzene rings is 1. The van der Waals surface area contributed by atoms with Gasteiger partial charge in [-0.2, -0.15) is 0 Å². The monoisotopic (exact) mass is 348 g/mol. The molecule has 1 unspecified atom stereocenters. The number of halogens is 1. The van der Waals surface area contributed by atoms with Crippen molar-refractivity contribution in [3.63, 3.8) is 0 Å². The third-order valence-electron chi connectivity index (χ3n) is 3.80. The number of hydrogen-bond acceptors (Lipinski definition) is 5. The van der Waals surface area contributed by atoms with Gasteiger partial charge in [0, 0.05) is 29.2 Å². The molecular formula is C16H13FN2O2S2. The molecule has 0 N–H and O–H groups in total. The Kier molecular flexibility index (Phi) is 3.74. The molecular weight excluding hydrogens is 335 g/mol. The summed E-state index contributed by atoms with van der Waals surface area (Å²) in [5, 5.41) is 3.28. The Morgan fingerprint density at radius 2 is 2.30 bits per heavy atom. The third kappa shape index (κ3) is 2.94. The highest BCUT2D eigenvalue weighted by atomic mass is 32.1. The average Bonchev–Trinajstić information content (AvgIpc) is 3.26. The Bertz CT molecular complexity index is 847. The standard InChI is InChI=1S/C16H13FN2O2S2/c17-11-1-2-13-10(7-11)8-14(23-13)15(20)19-5-3-12(9-19)21-16-18-4-6-22-16/h1-2,4,6-8,12H,3,5,9H2. The van der Waals surface area contributed by atoms with E-state index in [1.165, 1.54) is 34.8 Å². The zero-order chi connectivity index (χ0) is 15.8. The fraction of sp³-hybridized carbons (Fsp3) is 0.250. The number of fused-ring (bicyclic) bond motifs is 1. The van der Waals surface area contributed by atoms with Crippen LogP contribution in [0.15, 0.2) is 35.8 Å². The highest BCUT2D eigenvalue weighted by Crippen LogP contribution is 2.29. The fourth-order valence-electron chi connectivity index (χ4n) is 2.70. The molecule has 1 saturated heterocycles. The molecule has 23 heavy (non-hydrogen) atoms. The lowest BCUT2D eigenvalue weighted by molar-refractivity contribution is 0.0777. The van der Waals surface area contributed by atoms with Crippen LogP contribution in [0.3, 0.4) is 0 Å². The molecule has 0 bridgehead atoms. The van der Waals surface area contributed by atoms with Crippen molar-refractivity contribution in [1.82, 2.24) is 9.88 Å². The Labute approximate surface area is 140 Å². The number of carbonyl (C=O) groups excluding carboxylic acids is 1. The van der Waals surface area contributed by atoms with E-state index in [-0.39, 0.29) is 17.8 Å². The van der Waals surface area contributed by atoms with E-state index in [0.29, 0.717) is 23.2 Å². The van der Waals surface area contributed by atoms with Crippen LogP contribution in [-0.2, 0) is 0 Å². The smallest absolute Gasteiger partial charge is 0.273 e. The van der Waals surface area contributed by atoms with Gasteiger partial charge in [0.25, 0.3) is 11.1 Å².